The van der Waals surface area contributed by atoms with Gasteiger partial charge in [0.15, 0.2) is 0 Å². The van der Waals surface area contributed by atoms with Crippen LogP contribution < -0.4 is 5.32 Å². The first-order chi connectivity index (χ1) is 7.92. The fourth-order valence-corrected chi connectivity index (χ4v) is 2.63. The van der Waals surface area contributed by atoms with Gasteiger partial charge in [0.25, 0.3) is 0 Å². The average molecular weight is 225 g/mol. The Labute approximate surface area is 98.2 Å². The molecular formula is C13H23NO2. The van der Waals surface area contributed by atoms with Crippen molar-refractivity contribution >= 4 is 0 Å². The molecule has 0 aromatic heterocycles. The lowest BCUT2D eigenvalue weighted by atomic mass is 9.97. The lowest BCUT2D eigenvalue weighted by Crippen LogP contribution is -2.46. The van der Waals surface area contributed by atoms with Crippen LogP contribution in [-0.4, -0.2) is 39.0 Å². The van der Waals surface area contributed by atoms with E-state index < -0.39 is 0 Å². The zero-order valence-electron chi connectivity index (χ0n) is 10.2. The number of allylic oxidation sites excluding steroid dienone is 1. The van der Waals surface area contributed by atoms with Crippen molar-refractivity contribution in [2.75, 3.05) is 26.9 Å². The Morgan fingerprint density at radius 3 is 3.00 bits per heavy atom. The Balaban J connectivity index is 1.98. The van der Waals surface area contributed by atoms with Gasteiger partial charge in [0, 0.05) is 0 Å². The molecule has 1 heterocycles. The van der Waals surface area contributed by atoms with Crippen LogP contribution in [0.25, 0.3) is 0 Å². The summed E-state index contributed by atoms with van der Waals surface area (Å²) in [4.78, 5) is 0. The lowest BCUT2D eigenvalue weighted by molar-refractivity contribution is -0.0964. The van der Waals surface area contributed by atoms with Crippen LogP contribution in [0.3, 0.4) is 0 Å². The highest BCUT2D eigenvalue weighted by molar-refractivity contribution is 5.14. The predicted molar refractivity (Wildman–Crippen MR) is 64.6 cm³/mol. The lowest BCUT2D eigenvalue weighted by Gasteiger charge is -2.32. The minimum absolute atomic E-state index is 0.197. The van der Waals surface area contributed by atoms with Crippen LogP contribution in [0, 0.1) is 0 Å². The molecule has 0 bridgehead atoms. The monoisotopic (exact) mass is 225 g/mol. The van der Waals surface area contributed by atoms with Gasteiger partial charge in [-0.1, -0.05) is 18.1 Å². The number of ether oxygens (including phenoxy) is 2. The summed E-state index contributed by atoms with van der Waals surface area (Å²) in [6, 6.07) is 0.346. The molecular weight excluding hydrogens is 202 g/mol. The van der Waals surface area contributed by atoms with E-state index in [0.717, 1.165) is 19.8 Å². The third-order valence-corrected chi connectivity index (χ3v) is 3.50. The van der Waals surface area contributed by atoms with Crippen molar-refractivity contribution < 1.29 is 9.47 Å². The Hall–Kier alpha value is -0.380. The van der Waals surface area contributed by atoms with Gasteiger partial charge in [-0.25, -0.2) is 0 Å². The Morgan fingerprint density at radius 1 is 1.31 bits per heavy atom. The molecule has 92 valence electrons. The number of nitrogens with one attached hydrogen (secondary N) is 1. The molecule has 0 saturated carbocycles. The third-order valence-electron chi connectivity index (χ3n) is 3.50. The first-order valence-corrected chi connectivity index (χ1v) is 6.47. The summed E-state index contributed by atoms with van der Waals surface area (Å²) in [5, 5.41) is 3.40. The van der Waals surface area contributed by atoms with Crippen LogP contribution in [0.2, 0.25) is 0 Å². The van der Waals surface area contributed by atoms with Gasteiger partial charge in [-0.3, -0.25) is 0 Å². The molecule has 0 radical (unpaired) electrons. The smallest absolute Gasteiger partial charge is 0.1000 e. The topological polar surface area (TPSA) is 30.5 Å². The maximum Gasteiger partial charge on any atom is 0.1000 e. The van der Waals surface area contributed by atoms with Gasteiger partial charge in [-0.2, -0.15) is 0 Å². The fourth-order valence-electron chi connectivity index (χ4n) is 2.63. The Kier molecular flexibility index (Phi) is 4.82. The molecule has 2 unspecified atom stereocenters. The highest BCUT2D eigenvalue weighted by atomic mass is 16.6. The highest BCUT2D eigenvalue weighted by Gasteiger charge is 2.26. The molecule has 0 amide bonds. The van der Waals surface area contributed by atoms with E-state index in [-0.39, 0.29) is 6.10 Å². The van der Waals surface area contributed by atoms with Crippen molar-refractivity contribution in [2.45, 2.75) is 44.2 Å². The molecule has 0 aromatic rings. The van der Waals surface area contributed by atoms with Gasteiger partial charge in [0.2, 0.25) is 0 Å². The van der Waals surface area contributed by atoms with Crippen LogP contribution in [0.5, 0.6) is 0 Å². The summed E-state index contributed by atoms with van der Waals surface area (Å²) < 4.78 is 11.3. The molecule has 3 heteroatoms. The zero-order valence-corrected chi connectivity index (χ0v) is 10.2. The van der Waals surface area contributed by atoms with Gasteiger partial charge in [0.05, 0.1) is 32.0 Å². The molecule has 1 aliphatic carbocycles. The molecule has 3 nitrogen and oxygen atoms in total. The summed E-state index contributed by atoms with van der Waals surface area (Å²) in [5.74, 6) is 0. The van der Waals surface area contributed by atoms with Gasteiger partial charge in [-0.05, 0) is 32.7 Å². The van der Waals surface area contributed by atoms with Gasteiger partial charge in [0.1, 0.15) is 0 Å². The van der Waals surface area contributed by atoms with E-state index in [9.17, 15) is 0 Å². The Bertz CT molecular complexity index is 234. The first-order valence-electron chi connectivity index (χ1n) is 6.47. The largest absolute Gasteiger partial charge is 0.376 e. The minimum atomic E-state index is 0.197. The highest BCUT2D eigenvalue weighted by Crippen LogP contribution is 2.23. The third kappa shape index (κ3) is 3.06. The molecule has 2 rings (SSSR count). The number of hydrogen-bond donors (Lipinski definition) is 1. The second-order valence-electron chi connectivity index (χ2n) is 4.63. The summed E-state index contributed by atoms with van der Waals surface area (Å²) >= 11 is 0. The van der Waals surface area contributed by atoms with E-state index in [0.29, 0.717) is 6.04 Å². The normalized spacial score (nSPS) is 29.3. The quantitative estimate of drug-likeness (QED) is 0.744. The van der Waals surface area contributed by atoms with Crippen LogP contribution in [0.4, 0.5) is 0 Å². The molecule has 2 atom stereocenters. The Morgan fingerprint density at radius 2 is 2.25 bits per heavy atom. The van der Waals surface area contributed by atoms with E-state index in [2.05, 4.69) is 11.4 Å². The van der Waals surface area contributed by atoms with Crippen molar-refractivity contribution in [3.05, 3.63) is 11.6 Å². The second-order valence-corrected chi connectivity index (χ2v) is 4.63. The van der Waals surface area contributed by atoms with Crippen LogP contribution >= 0.6 is 0 Å². The van der Waals surface area contributed by atoms with Crippen LogP contribution in [0.15, 0.2) is 11.6 Å². The molecule has 16 heavy (non-hydrogen) atoms. The SMILES string of the molecule is CNC(C1=CCCCCC1)C1COCCO1. The average Bonchev–Trinajstić information content (AvgIpc) is 2.61. The number of hydrogen-bond acceptors (Lipinski definition) is 3. The number of likely N-dealkylation sites (N-methyl/N-ethyl adjacent to an activating group) is 1. The summed E-state index contributed by atoms with van der Waals surface area (Å²) in [7, 11) is 2.02. The number of rotatable bonds is 3. The van der Waals surface area contributed by atoms with E-state index in [1.807, 2.05) is 7.05 Å². The van der Waals surface area contributed by atoms with Crippen molar-refractivity contribution in [2.24, 2.45) is 0 Å². The van der Waals surface area contributed by atoms with Gasteiger partial charge < -0.3 is 14.8 Å². The van der Waals surface area contributed by atoms with E-state index in [1.165, 1.54) is 37.7 Å². The van der Waals surface area contributed by atoms with Crippen LogP contribution in [0.1, 0.15) is 32.1 Å². The predicted octanol–water partition coefficient (Wildman–Crippen LogP) is 1.88. The fraction of sp³-hybridized carbons (Fsp3) is 0.846. The molecule has 1 aliphatic heterocycles. The van der Waals surface area contributed by atoms with Crippen molar-refractivity contribution in [3.8, 4) is 0 Å². The molecule has 1 saturated heterocycles. The molecule has 1 N–H and O–H groups in total. The standard InChI is InChI=1S/C13H23NO2/c1-14-13(12-10-15-8-9-16-12)11-6-4-2-3-5-7-11/h6,12-14H,2-5,7-10H2,1H3. The summed E-state index contributed by atoms with van der Waals surface area (Å²) in [6.45, 7) is 2.20. The second kappa shape index (κ2) is 6.38. The van der Waals surface area contributed by atoms with Crippen LogP contribution in [-0.2, 0) is 9.47 Å². The van der Waals surface area contributed by atoms with Gasteiger partial charge >= 0.3 is 0 Å². The molecule has 0 spiro atoms. The van der Waals surface area contributed by atoms with Crippen molar-refractivity contribution in [3.63, 3.8) is 0 Å². The summed E-state index contributed by atoms with van der Waals surface area (Å²) in [6.07, 6.45) is 9.06. The van der Waals surface area contributed by atoms with E-state index >= 15 is 0 Å². The molecule has 1 fully saturated rings. The minimum Gasteiger partial charge on any atom is -0.376 e. The summed E-state index contributed by atoms with van der Waals surface area (Å²) in [5.41, 5.74) is 1.52. The maximum atomic E-state index is 5.80. The zero-order chi connectivity index (χ0) is 11.2. The molecule has 2 aliphatic rings. The maximum absolute atomic E-state index is 5.80. The van der Waals surface area contributed by atoms with E-state index in [4.69, 9.17) is 9.47 Å². The van der Waals surface area contributed by atoms with E-state index in [1.54, 1.807) is 0 Å². The molecule has 0 aromatic carbocycles. The first kappa shape index (κ1) is 12.1. The van der Waals surface area contributed by atoms with Crippen molar-refractivity contribution in [1.29, 1.82) is 0 Å². The van der Waals surface area contributed by atoms with Crippen molar-refractivity contribution in [1.82, 2.24) is 5.32 Å². The van der Waals surface area contributed by atoms with Gasteiger partial charge in [-0.15, -0.1) is 0 Å².